The number of hydrogen-bond acceptors (Lipinski definition) is 10. The lowest BCUT2D eigenvalue weighted by atomic mass is 9.83. The maximum absolute atomic E-state index is 12.4. The van der Waals surface area contributed by atoms with Crippen LogP contribution in [-0.2, 0) is 23.7 Å². The fourth-order valence-corrected chi connectivity index (χ4v) is 4.26. The molecular formula is C24H34NO10+. The van der Waals surface area contributed by atoms with Gasteiger partial charge in [0.25, 0.3) is 0 Å². The second-order valence-electron chi connectivity index (χ2n) is 8.51. The number of nitrogens with one attached hydrogen (secondary N) is 1. The molecular weight excluding hydrogens is 462 g/mol. The topological polar surface area (TPSA) is 160 Å². The number of aliphatic hydroxyl groups excluding tert-OH is 5. The molecule has 1 unspecified atom stereocenters. The molecule has 9 atom stereocenters. The van der Waals surface area contributed by atoms with Gasteiger partial charge in [-0.2, -0.15) is 0 Å². The van der Waals surface area contributed by atoms with Gasteiger partial charge in [-0.25, -0.2) is 4.79 Å². The molecule has 194 valence electrons. The van der Waals surface area contributed by atoms with Crippen molar-refractivity contribution in [3.05, 3.63) is 60.6 Å². The summed E-state index contributed by atoms with van der Waals surface area (Å²) in [4.78, 5) is 13.5. The van der Waals surface area contributed by atoms with Crippen molar-refractivity contribution in [3.63, 3.8) is 0 Å². The van der Waals surface area contributed by atoms with Gasteiger partial charge in [0.05, 0.1) is 44.3 Å². The summed E-state index contributed by atoms with van der Waals surface area (Å²) < 4.78 is 21.8. The van der Waals surface area contributed by atoms with Crippen molar-refractivity contribution in [2.24, 2.45) is 11.8 Å². The van der Waals surface area contributed by atoms with Crippen LogP contribution in [0.15, 0.2) is 60.6 Å². The molecule has 35 heavy (non-hydrogen) atoms. The first-order chi connectivity index (χ1) is 16.8. The molecule has 3 aliphatic heterocycles. The van der Waals surface area contributed by atoms with Crippen molar-refractivity contribution in [1.82, 2.24) is 0 Å². The average molecular weight is 497 g/mol. The Balaban J connectivity index is 1.82. The van der Waals surface area contributed by atoms with Gasteiger partial charge in [-0.1, -0.05) is 18.2 Å². The Hall–Kier alpha value is -2.35. The van der Waals surface area contributed by atoms with Crippen molar-refractivity contribution >= 4 is 5.97 Å². The van der Waals surface area contributed by atoms with Crippen LogP contribution in [0.5, 0.6) is 0 Å². The van der Waals surface area contributed by atoms with Gasteiger partial charge >= 0.3 is 5.97 Å². The lowest BCUT2D eigenvalue weighted by molar-refractivity contribution is -0.842. The Labute approximate surface area is 203 Å². The summed E-state index contributed by atoms with van der Waals surface area (Å²) in [6.07, 6.45) is 3.84. The number of ether oxygens (including phenoxy) is 4. The first kappa shape index (κ1) is 27.2. The maximum atomic E-state index is 12.4. The Morgan fingerprint density at radius 2 is 2.00 bits per heavy atom. The van der Waals surface area contributed by atoms with E-state index in [0.29, 0.717) is 13.1 Å². The van der Waals surface area contributed by atoms with E-state index in [1.165, 1.54) is 19.4 Å². The second kappa shape index (κ2) is 12.6. The predicted molar refractivity (Wildman–Crippen MR) is 121 cm³/mol. The number of hydrogen-bond donors (Lipinski definition) is 6. The summed E-state index contributed by atoms with van der Waals surface area (Å²) in [5.74, 6) is -1.79. The standard InChI is InChI=1S/C24H33NO10/c1-3-15-16(7-6-14-5-4-8-25(11-14)9-10-26)17(22(31)32-2)13-33-23(15)35-24-21(30)20(29)19(28)18(12-27)34-24/h3-8,13,15-16,18-21,23-24,26-30H,1,9-12H2,2H3/p+1/b7-6+/t15-,16+,18-,19-,20+,21-,23+,24+/m1/s1. The third kappa shape index (κ3) is 6.26. The molecule has 6 N–H and O–H groups in total. The van der Waals surface area contributed by atoms with Gasteiger partial charge in [0.2, 0.25) is 6.29 Å². The third-order valence-corrected chi connectivity index (χ3v) is 6.25. The second-order valence-corrected chi connectivity index (χ2v) is 8.51. The van der Waals surface area contributed by atoms with E-state index in [4.69, 9.17) is 18.9 Å². The van der Waals surface area contributed by atoms with Crippen LogP contribution in [0.25, 0.3) is 0 Å². The van der Waals surface area contributed by atoms with Gasteiger partial charge in [-0.15, -0.1) is 6.58 Å². The molecule has 0 radical (unpaired) electrons. The molecule has 0 aromatic rings. The number of allylic oxidation sites excluding steroid dienone is 3. The number of carbonyl (C=O) groups is 1. The lowest BCUT2D eigenvalue weighted by Gasteiger charge is -2.42. The quantitative estimate of drug-likeness (QED) is 0.149. The number of esters is 1. The normalized spacial score (nSPS) is 37.4. The zero-order valence-corrected chi connectivity index (χ0v) is 19.5. The smallest absolute Gasteiger partial charge is 0.337 e. The van der Waals surface area contributed by atoms with E-state index in [0.717, 1.165) is 10.5 Å². The molecule has 0 bridgehead atoms. The van der Waals surface area contributed by atoms with E-state index in [9.17, 15) is 30.3 Å². The van der Waals surface area contributed by atoms with Crippen LogP contribution in [-0.4, -0.2) is 102 Å². The maximum Gasteiger partial charge on any atom is 0.337 e. The number of methoxy groups -OCH3 is 1. The van der Waals surface area contributed by atoms with E-state index in [-0.39, 0.29) is 12.2 Å². The summed E-state index contributed by atoms with van der Waals surface area (Å²) in [5.41, 5.74) is 1.20. The summed E-state index contributed by atoms with van der Waals surface area (Å²) in [5, 5.41) is 49.0. The van der Waals surface area contributed by atoms with E-state index < -0.39 is 61.4 Å². The van der Waals surface area contributed by atoms with E-state index in [2.05, 4.69) is 6.58 Å². The molecule has 0 aromatic heterocycles. The summed E-state index contributed by atoms with van der Waals surface area (Å²) in [6.45, 7) is 4.52. The molecule has 3 heterocycles. The highest BCUT2D eigenvalue weighted by Crippen LogP contribution is 2.36. The van der Waals surface area contributed by atoms with Gasteiger partial charge in [0.15, 0.2) is 6.29 Å². The fraction of sp³-hybridized carbons (Fsp3) is 0.542. The zero-order chi connectivity index (χ0) is 25.5. The lowest BCUT2D eigenvalue weighted by Crippen LogP contribution is -3.08. The molecule has 0 aliphatic carbocycles. The minimum absolute atomic E-state index is 0.0569. The van der Waals surface area contributed by atoms with E-state index >= 15 is 0 Å². The summed E-state index contributed by atoms with van der Waals surface area (Å²) in [6, 6.07) is 0. The Kier molecular flexibility index (Phi) is 9.78. The third-order valence-electron chi connectivity index (χ3n) is 6.25. The first-order valence-corrected chi connectivity index (χ1v) is 11.4. The Morgan fingerprint density at radius 1 is 1.23 bits per heavy atom. The number of carbonyl (C=O) groups excluding carboxylic acids is 1. The van der Waals surface area contributed by atoms with Gasteiger partial charge in [-0.05, 0) is 12.2 Å². The van der Waals surface area contributed by atoms with Gasteiger partial charge < -0.3 is 49.4 Å². The van der Waals surface area contributed by atoms with Crippen LogP contribution in [0.3, 0.4) is 0 Å². The average Bonchev–Trinajstić information content (AvgIpc) is 2.87. The number of rotatable bonds is 9. The SMILES string of the molecule is C=C[C@H]1[C@H](O[C@@H]2O[C@H](CO)[C@@H](O)[C@H](O)[C@H]2O)OC=C(C(=O)OC)[C@H]1/C=C/C1=CC=C[NH+](CCO)C1. The highest BCUT2D eigenvalue weighted by Gasteiger charge is 2.47. The van der Waals surface area contributed by atoms with Crippen molar-refractivity contribution in [2.45, 2.75) is 37.0 Å². The largest absolute Gasteiger partial charge is 0.471 e. The van der Waals surface area contributed by atoms with Gasteiger partial charge in [0, 0.05) is 11.5 Å². The summed E-state index contributed by atoms with van der Waals surface area (Å²) >= 11 is 0. The van der Waals surface area contributed by atoms with Crippen LogP contribution in [0.2, 0.25) is 0 Å². The highest BCUT2D eigenvalue weighted by atomic mass is 16.8. The molecule has 3 aliphatic rings. The van der Waals surface area contributed by atoms with Crippen molar-refractivity contribution in [1.29, 1.82) is 0 Å². The van der Waals surface area contributed by atoms with Crippen LogP contribution in [0.1, 0.15) is 0 Å². The minimum Gasteiger partial charge on any atom is -0.471 e. The first-order valence-electron chi connectivity index (χ1n) is 11.4. The van der Waals surface area contributed by atoms with Crippen LogP contribution in [0.4, 0.5) is 0 Å². The number of aliphatic hydroxyl groups is 5. The van der Waals surface area contributed by atoms with Crippen LogP contribution in [0, 0.1) is 11.8 Å². The molecule has 0 saturated carbocycles. The molecule has 3 rings (SSSR count). The van der Waals surface area contributed by atoms with Crippen molar-refractivity contribution in [2.75, 3.05) is 33.4 Å². The number of quaternary nitrogens is 1. The van der Waals surface area contributed by atoms with Gasteiger partial charge in [0.1, 0.15) is 37.5 Å². The van der Waals surface area contributed by atoms with Crippen LogP contribution >= 0.6 is 0 Å². The highest BCUT2D eigenvalue weighted by molar-refractivity contribution is 5.89. The molecule has 1 saturated heterocycles. The molecule has 1 fully saturated rings. The van der Waals surface area contributed by atoms with E-state index in [1.54, 1.807) is 0 Å². The van der Waals surface area contributed by atoms with E-state index in [1.807, 2.05) is 30.5 Å². The van der Waals surface area contributed by atoms with Crippen molar-refractivity contribution in [3.8, 4) is 0 Å². The molecule has 0 amide bonds. The molecule has 11 nitrogen and oxygen atoms in total. The molecule has 11 heteroatoms. The van der Waals surface area contributed by atoms with Gasteiger partial charge in [-0.3, -0.25) is 0 Å². The zero-order valence-electron chi connectivity index (χ0n) is 19.5. The fourth-order valence-electron chi connectivity index (χ4n) is 4.26. The van der Waals surface area contributed by atoms with Crippen LogP contribution < -0.4 is 4.90 Å². The van der Waals surface area contributed by atoms with Crippen molar-refractivity contribution < 1.29 is 54.2 Å². The minimum atomic E-state index is -1.61. The summed E-state index contributed by atoms with van der Waals surface area (Å²) in [7, 11) is 1.26. The molecule has 0 aromatic carbocycles. The Bertz CT molecular complexity index is 866. The predicted octanol–water partition coefficient (Wildman–Crippen LogP) is -2.48. The Morgan fingerprint density at radius 3 is 2.66 bits per heavy atom. The molecule has 0 spiro atoms. The monoisotopic (exact) mass is 496 g/mol.